The molecule has 0 aliphatic carbocycles. The highest BCUT2D eigenvalue weighted by Crippen LogP contribution is 2.41. The Bertz CT molecular complexity index is 1650. The van der Waals surface area contributed by atoms with Crippen molar-refractivity contribution in [2.24, 2.45) is 7.05 Å². The van der Waals surface area contributed by atoms with E-state index in [-0.39, 0.29) is 0 Å². The fourth-order valence-corrected chi connectivity index (χ4v) is 6.05. The molecule has 0 fully saturated rings. The molecule has 4 heteroatoms. The van der Waals surface area contributed by atoms with E-state index in [1.165, 1.54) is 27.2 Å². The van der Waals surface area contributed by atoms with E-state index in [0.717, 1.165) is 38.8 Å². The Morgan fingerprint density at radius 2 is 1.61 bits per heavy atom. The number of benzene rings is 3. The number of pyridine rings is 1. The van der Waals surface area contributed by atoms with E-state index in [2.05, 4.69) is 86.3 Å². The standard InChI is InChI=1S/C29H29N2OSi/c1-17-15-23-22-11-12-24(30-4)19(3)28(22)32-29(23)27(18(17)2)26-13-9-20-16-21(33(6,7)8)10-14-25(20)31(26)5/h9-16H,1-3,5-8H3/q+1. The molecular weight excluding hydrogens is 420 g/mol. The van der Waals surface area contributed by atoms with Gasteiger partial charge in [0.25, 0.3) is 0 Å². The molecule has 5 rings (SSSR count). The van der Waals surface area contributed by atoms with Crippen LogP contribution in [0.25, 0.3) is 48.9 Å². The number of hydrogen-bond acceptors (Lipinski definition) is 1. The molecule has 0 unspecified atom stereocenters. The molecule has 2 aromatic heterocycles. The largest absolute Gasteiger partial charge is 0.456 e. The molecule has 0 aliphatic rings. The zero-order valence-electron chi connectivity index (χ0n) is 20.4. The van der Waals surface area contributed by atoms with Crippen LogP contribution in [-0.2, 0) is 7.05 Å². The Labute approximate surface area is 196 Å². The van der Waals surface area contributed by atoms with E-state index in [1.807, 2.05) is 19.1 Å². The zero-order chi connectivity index (χ0) is 23.7. The van der Waals surface area contributed by atoms with Crippen LogP contribution in [0.1, 0.15) is 16.7 Å². The third-order valence-electron chi connectivity index (χ3n) is 7.08. The van der Waals surface area contributed by atoms with Gasteiger partial charge in [-0.15, -0.1) is 0 Å². The zero-order valence-corrected chi connectivity index (χ0v) is 21.4. The maximum Gasteiger partial charge on any atom is 0.216 e. The second-order valence-corrected chi connectivity index (χ2v) is 15.2. The van der Waals surface area contributed by atoms with Crippen LogP contribution in [0.5, 0.6) is 0 Å². The van der Waals surface area contributed by atoms with E-state index >= 15 is 0 Å². The summed E-state index contributed by atoms with van der Waals surface area (Å²) in [6.45, 7) is 21.0. The Morgan fingerprint density at radius 3 is 2.30 bits per heavy atom. The van der Waals surface area contributed by atoms with E-state index in [4.69, 9.17) is 11.0 Å². The third kappa shape index (κ3) is 3.19. The number of furan rings is 1. The highest BCUT2D eigenvalue weighted by molar-refractivity contribution is 6.88. The van der Waals surface area contributed by atoms with Gasteiger partial charge in [-0.2, -0.15) is 4.57 Å². The lowest BCUT2D eigenvalue weighted by molar-refractivity contribution is -0.633. The van der Waals surface area contributed by atoms with Gasteiger partial charge in [0.05, 0.1) is 20.2 Å². The van der Waals surface area contributed by atoms with Crippen molar-refractivity contribution in [3.05, 3.63) is 76.6 Å². The summed E-state index contributed by atoms with van der Waals surface area (Å²) in [5, 5.41) is 4.92. The number of aryl methyl sites for hydroxylation is 3. The van der Waals surface area contributed by atoms with Crippen molar-refractivity contribution in [2.45, 2.75) is 40.4 Å². The van der Waals surface area contributed by atoms with Crippen molar-refractivity contribution in [2.75, 3.05) is 0 Å². The first-order valence-electron chi connectivity index (χ1n) is 11.4. The minimum atomic E-state index is -1.38. The lowest BCUT2D eigenvalue weighted by Crippen LogP contribution is -2.38. The van der Waals surface area contributed by atoms with Gasteiger partial charge in [0.15, 0.2) is 5.69 Å². The first-order chi connectivity index (χ1) is 15.6. The maximum absolute atomic E-state index is 7.48. The van der Waals surface area contributed by atoms with Crippen molar-refractivity contribution >= 4 is 51.8 Å². The first kappa shape index (κ1) is 21.4. The van der Waals surface area contributed by atoms with Crippen LogP contribution in [0.2, 0.25) is 19.6 Å². The predicted molar refractivity (Wildman–Crippen MR) is 141 cm³/mol. The second kappa shape index (κ2) is 7.30. The van der Waals surface area contributed by atoms with Gasteiger partial charge in [-0.05, 0) is 55.7 Å². The summed E-state index contributed by atoms with van der Waals surface area (Å²) in [6.07, 6.45) is 0. The average Bonchev–Trinajstić information content (AvgIpc) is 3.14. The van der Waals surface area contributed by atoms with Gasteiger partial charge in [-0.3, -0.25) is 0 Å². The van der Waals surface area contributed by atoms with Crippen molar-refractivity contribution in [3.63, 3.8) is 0 Å². The van der Waals surface area contributed by atoms with Gasteiger partial charge in [0, 0.05) is 28.3 Å². The smallest absolute Gasteiger partial charge is 0.216 e. The number of fused-ring (bicyclic) bond motifs is 4. The molecule has 0 bridgehead atoms. The molecule has 0 amide bonds. The van der Waals surface area contributed by atoms with Gasteiger partial charge < -0.3 is 4.42 Å². The fraction of sp³-hybridized carbons (Fsp3) is 0.241. The summed E-state index contributed by atoms with van der Waals surface area (Å²) in [5.41, 5.74) is 9.19. The second-order valence-electron chi connectivity index (χ2n) is 10.2. The van der Waals surface area contributed by atoms with Gasteiger partial charge in [-0.1, -0.05) is 43.0 Å². The topological polar surface area (TPSA) is 21.4 Å². The van der Waals surface area contributed by atoms with Gasteiger partial charge in [0.1, 0.15) is 18.2 Å². The molecule has 5 aromatic rings. The van der Waals surface area contributed by atoms with Crippen LogP contribution in [0, 0.1) is 27.3 Å². The average molecular weight is 450 g/mol. The van der Waals surface area contributed by atoms with Gasteiger partial charge in [0.2, 0.25) is 11.2 Å². The molecule has 0 radical (unpaired) electrons. The fourth-order valence-electron chi connectivity index (χ4n) is 4.88. The Kier molecular flexibility index (Phi) is 4.74. The van der Waals surface area contributed by atoms with Gasteiger partial charge in [-0.25, -0.2) is 4.85 Å². The molecule has 0 aliphatic heterocycles. The molecule has 3 nitrogen and oxygen atoms in total. The summed E-state index contributed by atoms with van der Waals surface area (Å²) in [5.74, 6) is 0. The Morgan fingerprint density at radius 1 is 0.848 bits per heavy atom. The molecular formula is C29H29N2OSi+. The lowest BCUT2D eigenvalue weighted by Gasteiger charge is -2.17. The molecule has 0 saturated carbocycles. The van der Waals surface area contributed by atoms with Crippen LogP contribution in [0.4, 0.5) is 5.69 Å². The van der Waals surface area contributed by atoms with E-state index in [0.29, 0.717) is 5.69 Å². The first-order valence-corrected chi connectivity index (χ1v) is 14.9. The summed E-state index contributed by atoms with van der Waals surface area (Å²) < 4.78 is 8.81. The highest BCUT2D eigenvalue weighted by atomic mass is 28.3. The highest BCUT2D eigenvalue weighted by Gasteiger charge is 2.25. The summed E-state index contributed by atoms with van der Waals surface area (Å²) in [7, 11) is 0.768. The van der Waals surface area contributed by atoms with E-state index in [9.17, 15) is 0 Å². The lowest BCUT2D eigenvalue weighted by atomic mass is 9.95. The quantitative estimate of drug-likeness (QED) is 0.158. The number of hydrogen-bond donors (Lipinski definition) is 0. The van der Waals surface area contributed by atoms with Crippen molar-refractivity contribution < 1.29 is 8.98 Å². The number of aromatic nitrogens is 1. The van der Waals surface area contributed by atoms with E-state index < -0.39 is 8.07 Å². The summed E-state index contributed by atoms with van der Waals surface area (Å²) in [4.78, 5) is 3.67. The summed E-state index contributed by atoms with van der Waals surface area (Å²) >= 11 is 0. The number of nitrogens with zero attached hydrogens (tertiary/aromatic N) is 2. The van der Waals surface area contributed by atoms with Crippen molar-refractivity contribution in [1.82, 2.24) is 0 Å². The van der Waals surface area contributed by atoms with Crippen LogP contribution in [-0.4, -0.2) is 8.07 Å². The number of rotatable bonds is 2. The Hall–Kier alpha value is -3.42. The molecule has 0 N–H and O–H groups in total. The third-order valence-corrected chi connectivity index (χ3v) is 9.13. The Balaban J connectivity index is 1.85. The van der Waals surface area contributed by atoms with Crippen LogP contribution in [0.3, 0.4) is 0 Å². The van der Waals surface area contributed by atoms with Gasteiger partial charge >= 0.3 is 0 Å². The monoisotopic (exact) mass is 449 g/mol. The normalized spacial score (nSPS) is 12.1. The van der Waals surface area contributed by atoms with Crippen molar-refractivity contribution in [3.8, 4) is 11.3 Å². The summed E-state index contributed by atoms with van der Waals surface area (Å²) in [6, 6.07) is 17.5. The molecule has 164 valence electrons. The maximum atomic E-state index is 7.48. The van der Waals surface area contributed by atoms with Crippen LogP contribution >= 0.6 is 0 Å². The molecule has 0 atom stereocenters. The van der Waals surface area contributed by atoms with Crippen LogP contribution < -0.4 is 9.75 Å². The van der Waals surface area contributed by atoms with Crippen molar-refractivity contribution in [1.29, 1.82) is 0 Å². The molecule has 0 spiro atoms. The molecule has 0 saturated heterocycles. The molecule has 2 heterocycles. The minimum Gasteiger partial charge on any atom is -0.456 e. The molecule has 3 aromatic carbocycles. The minimum absolute atomic E-state index is 0.644. The molecule has 33 heavy (non-hydrogen) atoms. The van der Waals surface area contributed by atoms with E-state index in [1.54, 1.807) is 0 Å². The predicted octanol–water partition coefficient (Wildman–Crippen LogP) is 7.25. The SMILES string of the molecule is [C-]#[N+]c1ccc2c(oc3c(-c4ccc5cc([Si](C)(C)C)ccc5[n+]4C)c(C)c(C)cc32)c1C. The van der Waals surface area contributed by atoms with Crippen LogP contribution in [0.15, 0.2) is 52.9 Å².